The third-order valence-corrected chi connectivity index (χ3v) is 4.12. The molecule has 1 saturated heterocycles. The predicted octanol–water partition coefficient (Wildman–Crippen LogP) is 2.30. The Morgan fingerprint density at radius 1 is 1.06 bits per heavy atom. The maximum absolute atomic E-state index is 13.3. The molecule has 2 aliphatic rings. The molecule has 1 saturated carbocycles. The lowest BCUT2D eigenvalue weighted by Crippen LogP contribution is -2.47. The molecule has 1 aromatic rings. The summed E-state index contributed by atoms with van der Waals surface area (Å²) in [6.07, 6.45) is 3.08. The van der Waals surface area contributed by atoms with Gasteiger partial charge in [0, 0.05) is 18.4 Å². The van der Waals surface area contributed by atoms with Crippen LogP contribution < -0.4 is 5.73 Å². The molecule has 2 N–H and O–H groups in total. The van der Waals surface area contributed by atoms with Crippen LogP contribution in [0.25, 0.3) is 0 Å². The van der Waals surface area contributed by atoms with Crippen molar-refractivity contribution in [3.63, 3.8) is 0 Å². The lowest BCUT2D eigenvalue weighted by Gasteiger charge is -2.41. The second-order valence-electron chi connectivity index (χ2n) is 5.27. The van der Waals surface area contributed by atoms with E-state index < -0.39 is 11.3 Å². The fraction of sp³-hybridized carbons (Fsp3) is 0.571. The van der Waals surface area contributed by atoms with E-state index in [1.54, 1.807) is 6.07 Å². The van der Waals surface area contributed by atoms with Gasteiger partial charge in [-0.2, -0.15) is 0 Å². The minimum absolute atomic E-state index is 0.231. The van der Waals surface area contributed by atoms with Crippen molar-refractivity contribution in [2.75, 3.05) is 13.2 Å². The maximum atomic E-state index is 13.3. The smallest absolute Gasteiger partial charge is 0.168 e. The van der Waals surface area contributed by atoms with Gasteiger partial charge in [0.2, 0.25) is 0 Å². The van der Waals surface area contributed by atoms with E-state index in [0.29, 0.717) is 13.2 Å². The second-order valence-corrected chi connectivity index (χ2v) is 5.27. The summed E-state index contributed by atoms with van der Waals surface area (Å²) in [7, 11) is 0. The van der Waals surface area contributed by atoms with Gasteiger partial charge in [0.1, 0.15) is 5.82 Å². The quantitative estimate of drug-likeness (QED) is 0.833. The molecule has 1 aromatic carbocycles. The lowest BCUT2D eigenvalue weighted by atomic mass is 9.75. The highest BCUT2D eigenvalue weighted by molar-refractivity contribution is 5.25. The average Bonchev–Trinajstić information content (AvgIpc) is 2.83. The number of ether oxygens (including phenoxy) is 2. The van der Waals surface area contributed by atoms with Gasteiger partial charge in [0.15, 0.2) is 5.79 Å². The molecule has 2 fully saturated rings. The van der Waals surface area contributed by atoms with Gasteiger partial charge in [0.25, 0.3) is 0 Å². The van der Waals surface area contributed by atoms with Crippen LogP contribution in [0.15, 0.2) is 24.3 Å². The minimum atomic E-state index is -0.456. The Morgan fingerprint density at radius 3 is 2.33 bits per heavy atom. The largest absolute Gasteiger partial charge is 0.348 e. The van der Waals surface area contributed by atoms with Crippen molar-refractivity contribution < 1.29 is 13.9 Å². The molecule has 0 bridgehead atoms. The SMILES string of the molecule is NC1(c2cccc(F)c2)CCC2(CC1)OCCO2. The number of nitrogens with two attached hydrogens (primary N) is 1. The summed E-state index contributed by atoms with van der Waals surface area (Å²) in [4.78, 5) is 0. The van der Waals surface area contributed by atoms with Gasteiger partial charge >= 0.3 is 0 Å². The number of rotatable bonds is 1. The van der Waals surface area contributed by atoms with Crippen LogP contribution in [0.4, 0.5) is 4.39 Å². The van der Waals surface area contributed by atoms with Crippen molar-refractivity contribution >= 4 is 0 Å². The topological polar surface area (TPSA) is 44.5 Å². The molecule has 0 atom stereocenters. The third-order valence-electron chi connectivity index (χ3n) is 4.12. The van der Waals surface area contributed by atoms with Crippen LogP contribution in [0.2, 0.25) is 0 Å². The van der Waals surface area contributed by atoms with E-state index in [1.165, 1.54) is 12.1 Å². The van der Waals surface area contributed by atoms with Gasteiger partial charge in [-0.05, 0) is 30.5 Å². The van der Waals surface area contributed by atoms with Crippen LogP contribution in [0.5, 0.6) is 0 Å². The Hall–Kier alpha value is -0.970. The Labute approximate surface area is 106 Å². The van der Waals surface area contributed by atoms with Gasteiger partial charge in [-0.15, -0.1) is 0 Å². The summed E-state index contributed by atoms with van der Waals surface area (Å²) in [5.41, 5.74) is 6.84. The Kier molecular flexibility index (Phi) is 2.88. The second kappa shape index (κ2) is 4.30. The normalized spacial score (nSPS) is 25.4. The monoisotopic (exact) mass is 251 g/mol. The molecule has 0 unspecified atom stereocenters. The highest BCUT2D eigenvalue weighted by atomic mass is 19.1. The number of hydrogen-bond acceptors (Lipinski definition) is 3. The van der Waals surface area contributed by atoms with E-state index in [2.05, 4.69) is 0 Å². The minimum Gasteiger partial charge on any atom is -0.348 e. The summed E-state index contributed by atoms with van der Waals surface area (Å²) in [6.45, 7) is 1.33. The van der Waals surface area contributed by atoms with Crippen molar-refractivity contribution in [3.05, 3.63) is 35.6 Å². The standard InChI is InChI=1S/C14H18FNO2/c15-12-3-1-2-11(10-12)13(16)4-6-14(7-5-13)17-8-9-18-14/h1-3,10H,4-9,16H2. The molecule has 98 valence electrons. The van der Waals surface area contributed by atoms with Crippen LogP contribution in [0, 0.1) is 5.82 Å². The molecule has 3 nitrogen and oxygen atoms in total. The molecule has 18 heavy (non-hydrogen) atoms. The zero-order valence-electron chi connectivity index (χ0n) is 10.3. The molecule has 1 aliphatic carbocycles. The zero-order chi connectivity index (χ0) is 12.6. The molecule has 1 aliphatic heterocycles. The van der Waals surface area contributed by atoms with Crippen LogP contribution in [-0.2, 0) is 15.0 Å². The zero-order valence-corrected chi connectivity index (χ0v) is 10.3. The van der Waals surface area contributed by atoms with Crippen LogP contribution in [0.1, 0.15) is 31.2 Å². The lowest BCUT2D eigenvalue weighted by molar-refractivity contribution is -0.185. The average molecular weight is 251 g/mol. The van der Waals surface area contributed by atoms with Gasteiger partial charge in [-0.25, -0.2) is 4.39 Å². The van der Waals surface area contributed by atoms with Gasteiger partial charge < -0.3 is 15.2 Å². The maximum Gasteiger partial charge on any atom is 0.168 e. The first-order valence-corrected chi connectivity index (χ1v) is 6.45. The van der Waals surface area contributed by atoms with Gasteiger partial charge in [-0.3, -0.25) is 0 Å². The number of benzene rings is 1. The molecule has 1 spiro atoms. The van der Waals surface area contributed by atoms with E-state index in [0.717, 1.165) is 31.2 Å². The summed E-state index contributed by atoms with van der Waals surface area (Å²) in [6, 6.07) is 6.60. The van der Waals surface area contributed by atoms with E-state index >= 15 is 0 Å². The van der Waals surface area contributed by atoms with Crippen LogP contribution >= 0.6 is 0 Å². The van der Waals surface area contributed by atoms with Crippen LogP contribution in [-0.4, -0.2) is 19.0 Å². The molecular weight excluding hydrogens is 233 g/mol. The molecule has 0 amide bonds. The Morgan fingerprint density at radius 2 is 1.72 bits per heavy atom. The van der Waals surface area contributed by atoms with E-state index in [9.17, 15) is 4.39 Å². The van der Waals surface area contributed by atoms with Crippen molar-refractivity contribution in [2.24, 2.45) is 5.73 Å². The number of hydrogen-bond donors (Lipinski definition) is 1. The van der Waals surface area contributed by atoms with Crippen LogP contribution in [0.3, 0.4) is 0 Å². The Balaban J connectivity index is 1.78. The van der Waals surface area contributed by atoms with E-state index in [-0.39, 0.29) is 5.82 Å². The molecular formula is C14H18FNO2. The fourth-order valence-corrected chi connectivity index (χ4v) is 2.95. The summed E-state index contributed by atoms with van der Waals surface area (Å²) >= 11 is 0. The van der Waals surface area contributed by atoms with Crippen molar-refractivity contribution in [3.8, 4) is 0 Å². The van der Waals surface area contributed by atoms with Gasteiger partial charge in [-0.1, -0.05) is 12.1 Å². The fourth-order valence-electron chi connectivity index (χ4n) is 2.95. The molecule has 3 rings (SSSR count). The molecule has 0 radical (unpaired) electrons. The molecule has 1 heterocycles. The summed E-state index contributed by atoms with van der Waals surface area (Å²) < 4.78 is 24.6. The van der Waals surface area contributed by atoms with Crippen molar-refractivity contribution in [2.45, 2.75) is 37.0 Å². The molecule has 4 heteroatoms. The highest BCUT2D eigenvalue weighted by Crippen LogP contribution is 2.43. The first kappa shape index (κ1) is 12.1. The van der Waals surface area contributed by atoms with Crippen molar-refractivity contribution in [1.29, 1.82) is 0 Å². The number of halogens is 1. The van der Waals surface area contributed by atoms with E-state index in [1.807, 2.05) is 6.07 Å². The van der Waals surface area contributed by atoms with E-state index in [4.69, 9.17) is 15.2 Å². The van der Waals surface area contributed by atoms with Gasteiger partial charge in [0.05, 0.1) is 13.2 Å². The first-order chi connectivity index (χ1) is 8.62. The molecule has 0 aromatic heterocycles. The highest BCUT2D eigenvalue weighted by Gasteiger charge is 2.45. The van der Waals surface area contributed by atoms with Crippen molar-refractivity contribution in [1.82, 2.24) is 0 Å². The first-order valence-electron chi connectivity index (χ1n) is 6.45. The summed E-state index contributed by atoms with van der Waals surface area (Å²) in [5, 5.41) is 0. The predicted molar refractivity (Wildman–Crippen MR) is 65.4 cm³/mol. The Bertz CT molecular complexity index is 433. The summed E-state index contributed by atoms with van der Waals surface area (Å²) in [5.74, 6) is -0.651. The third kappa shape index (κ3) is 2.05.